The molecule has 0 saturated carbocycles. The Bertz CT molecular complexity index is 2270. The number of hydrogen-bond acceptors (Lipinski definition) is 13. The van der Waals surface area contributed by atoms with Crippen LogP contribution in [0.25, 0.3) is 0 Å². The van der Waals surface area contributed by atoms with Crippen molar-refractivity contribution in [2.75, 3.05) is 41.7 Å². The molecule has 0 aromatic heterocycles. The topological polar surface area (TPSA) is 139 Å². The zero-order valence-electron chi connectivity index (χ0n) is 43.1. The number of aliphatic hydroxyl groups excluding tert-OH is 1. The lowest BCUT2D eigenvalue weighted by Gasteiger charge is -2.41. The maximum Gasteiger partial charge on any atom is 0.350 e. The first-order chi connectivity index (χ1) is 31.8. The molecule has 1 aliphatic heterocycles. The average molecular weight is 977 g/mol. The molecule has 0 bridgehead atoms. The van der Waals surface area contributed by atoms with Crippen LogP contribution in [-0.2, 0) is 34.5 Å². The van der Waals surface area contributed by atoms with E-state index in [0.717, 1.165) is 16.7 Å². The molecule has 4 aromatic carbocycles. The van der Waals surface area contributed by atoms with Gasteiger partial charge in [0, 0.05) is 6.61 Å². The van der Waals surface area contributed by atoms with Crippen LogP contribution in [0.3, 0.4) is 0 Å². The van der Waals surface area contributed by atoms with E-state index in [2.05, 4.69) is 67.7 Å². The molecule has 4 aromatic rings. The molecule has 1 aliphatic rings. The smallest absolute Gasteiger partial charge is 0.350 e. The summed E-state index contributed by atoms with van der Waals surface area (Å²) >= 11 is 0. The van der Waals surface area contributed by atoms with Crippen molar-refractivity contribution in [3.63, 3.8) is 0 Å². The van der Waals surface area contributed by atoms with Gasteiger partial charge >= 0.3 is 5.97 Å². The van der Waals surface area contributed by atoms with Crippen LogP contribution >= 0.6 is 0 Å². The maximum absolute atomic E-state index is 13.4. The Kier molecular flexibility index (Phi) is 17.9. The molecule has 1 N–H and O–H groups in total. The fourth-order valence-corrected chi connectivity index (χ4v) is 9.50. The molecule has 1 fully saturated rings. The van der Waals surface area contributed by atoms with E-state index < -0.39 is 52.8 Å². The lowest BCUT2D eigenvalue weighted by atomic mass is 10.0. The van der Waals surface area contributed by atoms with Crippen LogP contribution in [0.2, 0.25) is 36.3 Å². The van der Waals surface area contributed by atoms with Gasteiger partial charge in [0.15, 0.2) is 63.0 Å². The van der Waals surface area contributed by atoms with Gasteiger partial charge < -0.3 is 56.6 Å². The number of methoxy groups -OCH3 is 4. The molecule has 0 radical (unpaired) electrons. The van der Waals surface area contributed by atoms with E-state index in [-0.39, 0.29) is 28.5 Å². The SMILES string of the molecule is COC(=O)[C@@H](Oc1ccc(C(CCO[Si](C)(C)C(C)(C)C)O[Si](C)(C)C(C)(C)C)cc1OC)[C@@H](O)c1ccc(O[C@@H]2COC(C)(C)O[C@H]2c2ccc(OCc3ccccc3)c(OC)c2)c(OC)c1. The zero-order chi connectivity index (χ0) is 50.2. The first kappa shape index (κ1) is 54.3. The predicted octanol–water partition coefficient (Wildman–Crippen LogP) is 11.7. The van der Waals surface area contributed by atoms with Crippen molar-refractivity contribution in [2.45, 2.75) is 141 Å². The number of ether oxygens (including phenoxy) is 9. The fourth-order valence-electron chi connectivity index (χ4n) is 7.12. The molecule has 0 spiro atoms. The van der Waals surface area contributed by atoms with Crippen molar-refractivity contribution in [2.24, 2.45) is 0 Å². The highest BCUT2D eigenvalue weighted by molar-refractivity contribution is 6.74. The van der Waals surface area contributed by atoms with Crippen LogP contribution in [0.4, 0.5) is 0 Å². The molecule has 68 heavy (non-hydrogen) atoms. The summed E-state index contributed by atoms with van der Waals surface area (Å²) in [6.07, 6.45) is -3.86. The molecule has 0 aliphatic carbocycles. The lowest BCUT2D eigenvalue weighted by molar-refractivity contribution is -0.302. The van der Waals surface area contributed by atoms with Gasteiger partial charge in [-0.1, -0.05) is 90.1 Å². The summed E-state index contributed by atoms with van der Waals surface area (Å²) in [6.45, 7) is 27.1. The van der Waals surface area contributed by atoms with Gasteiger partial charge in [0.25, 0.3) is 0 Å². The second-order valence-corrected chi connectivity index (χ2v) is 30.2. The summed E-state index contributed by atoms with van der Waals surface area (Å²) in [4.78, 5) is 13.4. The number of carbonyl (C=O) groups excluding carboxylic acids is 1. The molecule has 1 saturated heterocycles. The van der Waals surface area contributed by atoms with E-state index in [1.807, 2.05) is 74.5 Å². The largest absolute Gasteiger partial charge is 0.493 e. The van der Waals surface area contributed by atoms with Crippen LogP contribution < -0.4 is 28.4 Å². The Morgan fingerprint density at radius 2 is 1.31 bits per heavy atom. The summed E-state index contributed by atoms with van der Waals surface area (Å²) in [5.41, 5.74) is 3.02. The molecule has 5 rings (SSSR count). The van der Waals surface area contributed by atoms with Gasteiger partial charge in [-0.3, -0.25) is 0 Å². The van der Waals surface area contributed by atoms with Gasteiger partial charge in [0.2, 0.25) is 6.10 Å². The number of hydrogen-bond donors (Lipinski definition) is 1. The standard InChI is InChI=1S/C53H76O13Si2/c1-51(2,3)67(13,14)62-29-28-39(66-68(15,16)52(4,5)6)36-22-26-42(44(30-36)57-10)64-49(50(55)59-12)47(54)37-23-27-41(45(31-37)58-11)63-46-34-61-53(7,8)65-48(46)38-24-25-40(43(32-38)56-9)60-33-35-20-18-17-19-21-35/h17-27,30-32,39,46-49,54H,28-29,33-34H2,1-16H3/t39?,46-,47+,48+,49+/m1/s1. The van der Waals surface area contributed by atoms with Crippen LogP contribution in [0.15, 0.2) is 84.9 Å². The minimum Gasteiger partial charge on any atom is -0.493 e. The van der Waals surface area contributed by atoms with Gasteiger partial charge in [-0.05, 0) is 115 Å². The van der Waals surface area contributed by atoms with Gasteiger partial charge in [0.1, 0.15) is 18.8 Å². The van der Waals surface area contributed by atoms with Crippen molar-refractivity contribution in [3.8, 4) is 34.5 Å². The summed E-state index contributed by atoms with van der Waals surface area (Å²) in [5.74, 6) is 0.673. The van der Waals surface area contributed by atoms with Gasteiger partial charge in [-0.15, -0.1) is 0 Å². The van der Waals surface area contributed by atoms with Crippen LogP contribution in [0.5, 0.6) is 34.5 Å². The molecule has 15 heteroatoms. The summed E-state index contributed by atoms with van der Waals surface area (Å²) < 4.78 is 67.8. The quantitative estimate of drug-likeness (QED) is 0.0626. The molecular formula is C53H76O13Si2. The minimum atomic E-state index is -2.24. The Morgan fingerprint density at radius 3 is 1.93 bits per heavy atom. The highest BCUT2D eigenvalue weighted by Crippen LogP contribution is 2.45. The third-order valence-electron chi connectivity index (χ3n) is 13.3. The van der Waals surface area contributed by atoms with E-state index >= 15 is 0 Å². The van der Waals surface area contributed by atoms with Crippen molar-refractivity contribution >= 4 is 22.6 Å². The third kappa shape index (κ3) is 13.6. The van der Waals surface area contributed by atoms with E-state index in [1.54, 1.807) is 31.4 Å². The zero-order valence-corrected chi connectivity index (χ0v) is 45.1. The minimum absolute atomic E-state index is 0.0330. The summed E-state index contributed by atoms with van der Waals surface area (Å²) in [5, 5.41) is 11.9. The normalized spacial score (nSPS) is 17.9. The van der Waals surface area contributed by atoms with Crippen molar-refractivity contribution < 1.29 is 61.4 Å². The number of carbonyl (C=O) groups is 1. The highest BCUT2D eigenvalue weighted by Gasteiger charge is 2.42. The van der Waals surface area contributed by atoms with E-state index in [1.165, 1.54) is 21.3 Å². The highest BCUT2D eigenvalue weighted by atomic mass is 28.4. The Morgan fingerprint density at radius 1 is 0.735 bits per heavy atom. The Hall–Kier alpha value is -4.62. The van der Waals surface area contributed by atoms with E-state index in [0.29, 0.717) is 53.9 Å². The van der Waals surface area contributed by atoms with Gasteiger partial charge in [-0.2, -0.15) is 0 Å². The number of aliphatic hydroxyl groups is 1. The van der Waals surface area contributed by atoms with Crippen molar-refractivity contribution in [3.05, 3.63) is 107 Å². The first-order valence-electron chi connectivity index (χ1n) is 23.3. The number of benzene rings is 4. The molecular weight excluding hydrogens is 901 g/mol. The lowest BCUT2D eigenvalue weighted by Crippen LogP contribution is -2.46. The van der Waals surface area contributed by atoms with E-state index in [4.69, 9.17) is 51.5 Å². The molecule has 1 unspecified atom stereocenters. The van der Waals surface area contributed by atoms with E-state index in [9.17, 15) is 9.90 Å². The van der Waals surface area contributed by atoms with Gasteiger partial charge in [0.05, 0.1) is 41.2 Å². The molecule has 1 heterocycles. The number of rotatable bonds is 21. The summed E-state index contributed by atoms with van der Waals surface area (Å²) in [6, 6.07) is 26.0. The summed E-state index contributed by atoms with van der Waals surface area (Å²) in [7, 11) is 1.61. The van der Waals surface area contributed by atoms with Crippen molar-refractivity contribution in [1.82, 2.24) is 0 Å². The number of esters is 1. The Labute approximate surface area is 406 Å². The van der Waals surface area contributed by atoms with Crippen LogP contribution in [-0.4, -0.2) is 87.4 Å². The second kappa shape index (κ2) is 22.4. The Balaban J connectivity index is 1.38. The first-order valence-corrected chi connectivity index (χ1v) is 29.1. The second-order valence-electron chi connectivity index (χ2n) is 20.7. The van der Waals surface area contributed by atoms with Crippen molar-refractivity contribution in [1.29, 1.82) is 0 Å². The molecule has 13 nitrogen and oxygen atoms in total. The predicted molar refractivity (Wildman–Crippen MR) is 268 cm³/mol. The van der Waals surface area contributed by atoms with Crippen LogP contribution in [0.1, 0.15) is 102 Å². The average Bonchev–Trinajstić information content (AvgIpc) is 3.29. The molecule has 374 valence electrons. The molecule has 0 amide bonds. The molecule has 5 atom stereocenters. The third-order valence-corrected chi connectivity index (χ3v) is 22.4. The fraction of sp³-hybridized carbons (Fsp3) is 0.528. The maximum atomic E-state index is 13.4. The van der Waals surface area contributed by atoms with Gasteiger partial charge in [-0.25, -0.2) is 4.79 Å². The monoisotopic (exact) mass is 976 g/mol. The van der Waals surface area contributed by atoms with Crippen LogP contribution in [0, 0.1) is 0 Å².